The molecule has 0 amide bonds. The zero-order valence-corrected chi connectivity index (χ0v) is 8.33. The van der Waals surface area contributed by atoms with Gasteiger partial charge in [-0.05, 0) is 38.9 Å². The van der Waals surface area contributed by atoms with Crippen molar-refractivity contribution in [2.45, 2.75) is 39.0 Å². The summed E-state index contributed by atoms with van der Waals surface area (Å²) >= 11 is 0. The smallest absolute Gasteiger partial charge is 0.00183 e. The second kappa shape index (κ2) is 6.93. The van der Waals surface area contributed by atoms with Crippen LogP contribution in [-0.4, -0.2) is 24.5 Å². The molecule has 1 heterocycles. The van der Waals surface area contributed by atoms with E-state index in [4.69, 9.17) is 0 Å². The Hall–Kier alpha value is 0.250. The molecule has 0 aromatic rings. The first-order valence-electron chi connectivity index (χ1n) is 4.66. The topological polar surface area (TPSA) is 3.24 Å². The van der Waals surface area contributed by atoms with Crippen LogP contribution in [0.4, 0.5) is 0 Å². The summed E-state index contributed by atoms with van der Waals surface area (Å²) in [6.07, 6.45) is 7.05. The maximum Gasteiger partial charge on any atom is -0.00183 e. The molecule has 1 aliphatic heterocycles. The molecule has 0 N–H and O–H groups in total. The lowest BCUT2D eigenvalue weighted by molar-refractivity contribution is 0.329. The summed E-state index contributed by atoms with van der Waals surface area (Å²) in [7, 11) is 0. The highest BCUT2D eigenvalue weighted by Crippen LogP contribution is 2.08. The van der Waals surface area contributed by atoms with E-state index in [1.165, 1.54) is 51.7 Å². The fourth-order valence-corrected chi connectivity index (χ4v) is 1.59. The highest BCUT2D eigenvalue weighted by Gasteiger charge is 2.09. The van der Waals surface area contributed by atoms with E-state index in [0.29, 0.717) is 0 Å². The van der Waals surface area contributed by atoms with Crippen LogP contribution >= 0.6 is 12.4 Å². The molecule has 1 rings (SSSR count). The van der Waals surface area contributed by atoms with E-state index in [0.717, 1.165) is 0 Å². The molecule has 0 spiro atoms. The summed E-state index contributed by atoms with van der Waals surface area (Å²) in [5.74, 6) is 0. The number of nitrogens with zero attached hydrogens (tertiary/aromatic N) is 1. The van der Waals surface area contributed by atoms with Crippen LogP contribution in [0.15, 0.2) is 0 Å². The van der Waals surface area contributed by atoms with Gasteiger partial charge in [-0.2, -0.15) is 0 Å². The minimum atomic E-state index is 0. The van der Waals surface area contributed by atoms with Crippen molar-refractivity contribution in [2.24, 2.45) is 0 Å². The zero-order chi connectivity index (χ0) is 7.23. The van der Waals surface area contributed by atoms with Crippen LogP contribution in [0.3, 0.4) is 0 Å². The minimum Gasteiger partial charge on any atom is -0.303 e. The predicted octanol–water partition coefficient (Wildman–Crippen LogP) is 2.69. The van der Waals surface area contributed by atoms with Crippen LogP contribution < -0.4 is 0 Å². The van der Waals surface area contributed by atoms with Crippen molar-refractivity contribution in [3.05, 3.63) is 0 Å². The maximum absolute atomic E-state index is 2.59. The molecule has 68 valence electrons. The first-order valence-corrected chi connectivity index (χ1v) is 4.66. The van der Waals surface area contributed by atoms with Gasteiger partial charge in [0.15, 0.2) is 0 Å². The van der Waals surface area contributed by atoms with E-state index in [-0.39, 0.29) is 12.4 Å². The molecule has 1 fully saturated rings. The summed E-state index contributed by atoms with van der Waals surface area (Å²) in [6.45, 7) is 6.35. The third-order valence-corrected chi connectivity index (χ3v) is 2.28. The van der Waals surface area contributed by atoms with Crippen LogP contribution in [-0.2, 0) is 0 Å². The van der Waals surface area contributed by atoms with Crippen LogP contribution in [0.1, 0.15) is 39.0 Å². The third-order valence-electron chi connectivity index (χ3n) is 2.28. The van der Waals surface area contributed by atoms with Gasteiger partial charge in [0.1, 0.15) is 0 Å². The van der Waals surface area contributed by atoms with Gasteiger partial charge in [-0.1, -0.05) is 19.8 Å². The molecule has 0 unspecified atom stereocenters. The normalized spacial score (nSPS) is 18.3. The average molecular weight is 178 g/mol. The second-order valence-corrected chi connectivity index (χ2v) is 3.26. The van der Waals surface area contributed by atoms with Gasteiger partial charge in [0.2, 0.25) is 0 Å². The van der Waals surface area contributed by atoms with Gasteiger partial charge in [0.05, 0.1) is 0 Å². The van der Waals surface area contributed by atoms with Gasteiger partial charge in [-0.15, -0.1) is 12.4 Å². The van der Waals surface area contributed by atoms with Gasteiger partial charge in [-0.3, -0.25) is 0 Å². The Morgan fingerprint density at radius 2 is 1.73 bits per heavy atom. The number of hydrogen-bond donors (Lipinski definition) is 0. The van der Waals surface area contributed by atoms with E-state index in [9.17, 15) is 0 Å². The molecule has 0 atom stereocenters. The minimum absolute atomic E-state index is 0. The van der Waals surface area contributed by atoms with E-state index in [1.807, 2.05) is 0 Å². The van der Waals surface area contributed by atoms with Gasteiger partial charge >= 0.3 is 0 Å². The van der Waals surface area contributed by atoms with E-state index in [1.54, 1.807) is 0 Å². The predicted molar refractivity (Wildman–Crippen MR) is 52.4 cm³/mol. The van der Waals surface area contributed by atoms with Gasteiger partial charge < -0.3 is 4.90 Å². The molecule has 1 saturated heterocycles. The summed E-state index contributed by atoms with van der Waals surface area (Å²) < 4.78 is 0. The fourth-order valence-electron chi connectivity index (χ4n) is 1.59. The quantitative estimate of drug-likeness (QED) is 0.597. The number of halogens is 1. The van der Waals surface area contributed by atoms with Gasteiger partial charge in [-0.25, -0.2) is 0 Å². The first kappa shape index (κ1) is 11.2. The van der Waals surface area contributed by atoms with Crippen molar-refractivity contribution >= 4 is 12.4 Å². The van der Waals surface area contributed by atoms with Crippen molar-refractivity contribution in [3.63, 3.8) is 0 Å². The van der Waals surface area contributed by atoms with E-state index in [2.05, 4.69) is 11.8 Å². The summed E-state index contributed by atoms with van der Waals surface area (Å²) in [4.78, 5) is 2.59. The molecule has 0 aromatic heterocycles. The Morgan fingerprint density at radius 3 is 2.27 bits per heavy atom. The third kappa shape index (κ3) is 4.65. The highest BCUT2D eigenvalue weighted by molar-refractivity contribution is 5.85. The highest BCUT2D eigenvalue weighted by atomic mass is 35.5. The largest absolute Gasteiger partial charge is 0.303 e. The van der Waals surface area contributed by atoms with Crippen molar-refractivity contribution in [1.29, 1.82) is 0 Å². The molecular weight excluding hydrogens is 158 g/mol. The van der Waals surface area contributed by atoms with Crippen molar-refractivity contribution in [3.8, 4) is 0 Å². The monoisotopic (exact) mass is 177 g/mol. The molecular formula is C9H20ClN. The van der Waals surface area contributed by atoms with Crippen LogP contribution in [0.2, 0.25) is 0 Å². The lowest BCUT2D eigenvalue weighted by Gasteiger charge is -2.12. The molecule has 11 heavy (non-hydrogen) atoms. The van der Waals surface area contributed by atoms with Crippen molar-refractivity contribution in [1.82, 2.24) is 4.90 Å². The Balaban J connectivity index is 0.000001000. The number of unbranched alkanes of at least 4 members (excludes halogenated alkanes) is 2. The molecule has 0 radical (unpaired) electrons. The summed E-state index contributed by atoms with van der Waals surface area (Å²) in [5, 5.41) is 0. The molecule has 1 nitrogen and oxygen atoms in total. The van der Waals surface area contributed by atoms with Gasteiger partial charge in [0.25, 0.3) is 0 Å². The van der Waals surface area contributed by atoms with Crippen molar-refractivity contribution in [2.75, 3.05) is 19.6 Å². The fraction of sp³-hybridized carbons (Fsp3) is 1.00. The molecule has 1 aliphatic rings. The molecule has 0 saturated carbocycles. The Labute approximate surface area is 76.6 Å². The molecule has 0 bridgehead atoms. The standard InChI is InChI=1S/C9H19N.ClH/c1-2-3-4-7-10-8-5-6-9-10;/h2-9H2,1H3;1H. The molecule has 0 aromatic carbocycles. The van der Waals surface area contributed by atoms with Crippen LogP contribution in [0.5, 0.6) is 0 Å². The number of hydrogen-bond acceptors (Lipinski definition) is 1. The van der Waals surface area contributed by atoms with Crippen LogP contribution in [0.25, 0.3) is 0 Å². The van der Waals surface area contributed by atoms with Crippen LogP contribution in [0, 0.1) is 0 Å². The lowest BCUT2D eigenvalue weighted by Crippen LogP contribution is -2.20. The Kier molecular flexibility index (Phi) is 7.09. The number of likely N-dealkylation sites (tertiary alicyclic amines) is 1. The Morgan fingerprint density at radius 1 is 1.09 bits per heavy atom. The maximum atomic E-state index is 2.59. The van der Waals surface area contributed by atoms with Crippen molar-refractivity contribution < 1.29 is 0 Å². The second-order valence-electron chi connectivity index (χ2n) is 3.26. The van der Waals surface area contributed by atoms with E-state index >= 15 is 0 Å². The molecule has 2 heteroatoms. The summed E-state index contributed by atoms with van der Waals surface area (Å²) in [6, 6.07) is 0. The van der Waals surface area contributed by atoms with E-state index < -0.39 is 0 Å². The first-order chi connectivity index (χ1) is 4.93. The summed E-state index contributed by atoms with van der Waals surface area (Å²) in [5.41, 5.74) is 0. The molecule has 0 aliphatic carbocycles. The zero-order valence-electron chi connectivity index (χ0n) is 7.51. The lowest BCUT2D eigenvalue weighted by atomic mass is 10.2. The SMILES string of the molecule is CCCCCN1CCCC1.Cl. The Bertz CT molecular complexity index is 79.6. The van der Waals surface area contributed by atoms with Gasteiger partial charge in [0, 0.05) is 0 Å². The average Bonchev–Trinajstić information content (AvgIpc) is 2.41. The number of rotatable bonds is 4.